The number of hydrogen-bond acceptors (Lipinski definition) is 2. The molecule has 9 aromatic rings. The van der Waals surface area contributed by atoms with Crippen molar-refractivity contribution in [3.8, 4) is 33.4 Å². The second-order valence-electron chi connectivity index (χ2n) is 13.3. The summed E-state index contributed by atoms with van der Waals surface area (Å²) in [6.07, 6.45) is 0. The summed E-state index contributed by atoms with van der Waals surface area (Å²) in [7, 11) is 0. The van der Waals surface area contributed by atoms with E-state index in [2.05, 4.69) is 193 Å². The molecule has 0 amide bonds. The van der Waals surface area contributed by atoms with Gasteiger partial charge in [-0.05, 0) is 68.8 Å². The maximum absolute atomic E-state index is 6.61. The van der Waals surface area contributed by atoms with E-state index in [4.69, 9.17) is 4.42 Å². The first-order valence-electron chi connectivity index (χ1n) is 17.5. The third-order valence-electron chi connectivity index (χ3n) is 10.6. The van der Waals surface area contributed by atoms with Crippen molar-refractivity contribution in [1.29, 1.82) is 0 Å². The van der Waals surface area contributed by atoms with Crippen LogP contribution >= 0.6 is 0 Å². The van der Waals surface area contributed by atoms with Gasteiger partial charge in [-0.2, -0.15) is 0 Å². The lowest BCUT2D eigenvalue weighted by molar-refractivity contribution is 0.670. The van der Waals surface area contributed by atoms with E-state index in [0.717, 1.165) is 55.6 Å². The number of fused-ring (bicyclic) bond motifs is 6. The Bertz CT molecular complexity index is 2670. The van der Waals surface area contributed by atoms with Crippen molar-refractivity contribution in [3.05, 3.63) is 216 Å². The van der Waals surface area contributed by atoms with Crippen LogP contribution in [0.15, 0.2) is 199 Å². The van der Waals surface area contributed by atoms with Gasteiger partial charge in [-0.25, -0.2) is 0 Å². The van der Waals surface area contributed by atoms with Gasteiger partial charge in [-0.15, -0.1) is 0 Å². The molecule has 1 N–H and O–H groups in total. The molecule has 1 aromatic heterocycles. The maximum Gasteiger partial charge on any atom is 0.143 e. The number of nitrogens with one attached hydrogen (secondary N) is 1. The van der Waals surface area contributed by atoms with Crippen molar-refractivity contribution in [3.63, 3.8) is 0 Å². The number of benzene rings is 8. The van der Waals surface area contributed by atoms with Gasteiger partial charge in [0.05, 0.1) is 5.41 Å². The van der Waals surface area contributed by atoms with Crippen molar-refractivity contribution in [2.24, 2.45) is 0 Å². The van der Waals surface area contributed by atoms with Crippen molar-refractivity contribution in [2.75, 3.05) is 5.32 Å². The Kier molecular flexibility index (Phi) is 6.75. The molecule has 10 rings (SSSR count). The Labute approximate surface area is 297 Å². The van der Waals surface area contributed by atoms with Crippen LogP contribution in [-0.2, 0) is 5.41 Å². The Hall–Kier alpha value is -6.64. The Morgan fingerprint density at radius 1 is 0.412 bits per heavy atom. The van der Waals surface area contributed by atoms with Gasteiger partial charge < -0.3 is 9.73 Å². The first-order chi connectivity index (χ1) is 25.3. The number of rotatable bonds is 6. The average molecular weight is 652 g/mol. The summed E-state index contributed by atoms with van der Waals surface area (Å²) < 4.78 is 6.61. The number of furan rings is 1. The highest BCUT2D eigenvalue weighted by molar-refractivity contribution is 6.16. The number of para-hydroxylation sites is 2. The molecule has 0 bridgehead atoms. The summed E-state index contributed by atoms with van der Waals surface area (Å²) in [6, 6.07) is 69.6. The molecule has 51 heavy (non-hydrogen) atoms. The normalized spacial score (nSPS) is 12.9. The Balaban J connectivity index is 1.12. The zero-order valence-electron chi connectivity index (χ0n) is 27.9. The molecule has 0 saturated heterocycles. The van der Waals surface area contributed by atoms with Gasteiger partial charge in [0.15, 0.2) is 0 Å². The summed E-state index contributed by atoms with van der Waals surface area (Å²) in [6.45, 7) is 0. The summed E-state index contributed by atoms with van der Waals surface area (Å²) >= 11 is 0. The Morgan fingerprint density at radius 2 is 1.00 bits per heavy atom. The van der Waals surface area contributed by atoms with Crippen LogP contribution in [0.2, 0.25) is 0 Å². The number of anilines is 2. The monoisotopic (exact) mass is 651 g/mol. The van der Waals surface area contributed by atoms with Crippen LogP contribution < -0.4 is 5.32 Å². The van der Waals surface area contributed by atoms with Crippen molar-refractivity contribution >= 4 is 33.3 Å². The van der Waals surface area contributed by atoms with Crippen LogP contribution in [0.1, 0.15) is 22.3 Å². The lowest BCUT2D eigenvalue weighted by atomic mass is 9.68. The smallest absolute Gasteiger partial charge is 0.143 e. The molecule has 1 heterocycles. The SMILES string of the molecule is c1ccc(-c2cccc3c2oc2cccc(-c4ccccc4Nc4ccc5c(c4)-c4ccccc4C5(c4ccccc4)c4ccccc4)c23)cc1. The van der Waals surface area contributed by atoms with Gasteiger partial charge in [-0.3, -0.25) is 0 Å². The molecule has 0 radical (unpaired) electrons. The van der Waals surface area contributed by atoms with Gasteiger partial charge in [-0.1, -0.05) is 170 Å². The van der Waals surface area contributed by atoms with Gasteiger partial charge in [0.25, 0.3) is 0 Å². The van der Waals surface area contributed by atoms with Crippen LogP contribution in [0.25, 0.3) is 55.3 Å². The highest BCUT2D eigenvalue weighted by atomic mass is 16.3. The van der Waals surface area contributed by atoms with E-state index in [0.29, 0.717) is 0 Å². The summed E-state index contributed by atoms with van der Waals surface area (Å²) in [4.78, 5) is 0. The molecule has 0 saturated carbocycles. The molecule has 8 aromatic carbocycles. The van der Waals surface area contributed by atoms with E-state index in [-0.39, 0.29) is 0 Å². The lowest BCUT2D eigenvalue weighted by Gasteiger charge is -2.33. The van der Waals surface area contributed by atoms with E-state index < -0.39 is 5.41 Å². The van der Waals surface area contributed by atoms with E-state index in [1.54, 1.807) is 0 Å². The third kappa shape index (κ3) is 4.50. The van der Waals surface area contributed by atoms with Crippen molar-refractivity contribution in [1.82, 2.24) is 0 Å². The van der Waals surface area contributed by atoms with Gasteiger partial charge >= 0.3 is 0 Å². The van der Waals surface area contributed by atoms with E-state index >= 15 is 0 Å². The van der Waals surface area contributed by atoms with E-state index in [1.807, 2.05) is 6.07 Å². The van der Waals surface area contributed by atoms with E-state index in [1.165, 1.54) is 33.4 Å². The molecule has 0 fully saturated rings. The first kappa shape index (κ1) is 29.3. The molecule has 240 valence electrons. The average Bonchev–Trinajstić information content (AvgIpc) is 3.73. The fraction of sp³-hybridized carbons (Fsp3) is 0.0204. The topological polar surface area (TPSA) is 25.2 Å². The van der Waals surface area contributed by atoms with Gasteiger partial charge in [0.1, 0.15) is 11.2 Å². The molecular formula is C49H33NO. The Morgan fingerprint density at radius 3 is 1.76 bits per heavy atom. The minimum absolute atomic E-state index is 0.415. The largest absolute Gasteiger partial charge is 0.455 e. The second kappa shape index (κ2) is 11.8. The summed E-state index contributed by atoms with van der Waals surface area (Å²) in [5, 5.41) is 6.09. The van der Waals surface area contributed by atoms with Gasteiger partial charge in [0.2, 0.25) is 0 Å². The predicted molar refractivity (Wildman–Crippen MR) is 212 cm³/mol. The van der Waals surface area contributed by atoms with Crippen LogP contribution in [0.5, 0.6) is 0 Å². The molecule has 1 aliphatic carbocycles. The van der Waals surface area contributed by atoms with Gasteiger partial charge in [0, 0.05) is 33.3 Å². The molecule has 2 nitrogen and oxygen atoms in total. The standard InChI is InChI=1S/C49H33NO/c1-4-16-33(17-5-1)37-24-14-26-41-47-40(25-15-29-46(47)51-48(37)41)39-23-11-13-28-45(39)50-36-30-31-44-42(32-36)38-22-10-12-27-43(38)49(44,34-18-6-2-7-19-34)35-20-8-3-9-21-35/h1-32,50H. The van der Waals surface area contributed by atoms with Crippen LogP contribution in [0.4, 0.5) is 11.4 Å². The van der Waals surface area contributed by atoms with Crippen molar-refractivity contribution in [2.45, 2.75) is 5.41 Å². The summed E-state index contributed by atoms with van der Waals surface area (Å²) in [5.41, 5.74) is 15.6. The zero-order chi connectivity index (χ0) is 33.8. The molecule has 1 aliphatic rings. The summed E-state index contributed by atoms with van der Waals surface area (Å²) in [5.74, 6) is 0. The zero-order valence-corrected chi connectivity index (χ0v) is 27.9. The minimum Gasteiger partial charge on any atom is -0.455 e. The predicted octanol–water partition coefficient (Wildman–Crippen LogP) is 13.0. The van der Waals surface area contributed by atoms with Crippen LogP contribution in [0.3, 0.4) is 0 Å². The molecule has 2 heteroatoms. The first-order valence-corrected chi connectivity index (χ1v) is 17.5. The quantitative estimate of drug-likeness (QED) is 0.194. The fourth-order valence-corrected chi connectivity index (χ4v) is 8.43. The molecule has 0 unspecified atom stereocenters. The van der Waals surface area contributed by atoms with Crippen molar-refractivity contribution < 1.29 is 4.42 Å². The highest BCUT2D eigenvalue weighted by Crippen LogP contribution is 2.56. The molecular weight excluding hydrogens is 619 g/mol. The molecule has 0 atom stereocenters. The fourth-order valence-electron chi connectivity index (χ4n) is 8.43. The van der Waals surface area contributed by atoms with Crippen LogP contribution in [-0.4, -0.2) is 0 Å². The second-order valence-corrected chi connectivity index (χ2v) is 13.3. The number of hydrogen-bond donors (Lipinski definition) is 1. The maximum atomic E-state index is 6.61. The molecule has 0 aliphatic heterocycles. The van der Waals surface area contributed by atoms with Crippen LogP contribution in [0, 0.1) is 0 Å². The molecule has 0 spiro atoms. The highest BCUT2D eigenvalue weighted by Gasteiger charge is 2.45. The lowest BCUT2D eigenvalue weighted by Crippen LogP contribution is -2.28. The minimum atomic E-state index is -0.415. The van der Waals surface area contributed by atoms with E-state index in [9.17, 15) is 0 Å². The third-order valence-corrected chi connectivity index (χ3v) is 10.6.